The highest BCUT2D eigenvalue weighted by molar-refractivity contribution is 6.31. The zero-order valence-electron chi connectivity index (χ0n) is 11.6. The highest BCUT2D eigenvalue weighted by Gasteiger charge is 2.38. The highest BCUT2D eigenvalue weighted by atomic mass is 35.5. The number of piperidine rings is 1. The minimum atomic E-state index is -0.479. The fourth-order valence-electron chi connectivity index (χ4n) is 2.80. The molecule has 1 saturated heterocycles. The quantitative estimate of drug-likeness (QED) is 0.892. The molecule has 110 valence electrons. The molecule has 1 amide bonds. The van der Waals surface area contributed by atoms with Crippen LogP contribution in [-0.4, -0.2) is 19.0 Å². The molecule has 1 aromatic rings. The van der Waals surface area contributed by atoms with Gasteiger partial charge in [-0.15, -0.1) is 0 Å². The number of benzene rings is 1. The molecule has 1 aromatic carbocycles. The SMILES string of the molecule is CCCC1(C(=O)Nc2ccc(F)c(Cl)c2)CCCNC1. The molecule has 1 fully saturated rings. The maximum atomic E-state index is 13.1. The van der Waals surface area contributed by atoms with Crippen molar-refractivity contribution in [2.75, 3.05) is 18.4 Å². The van der Waals surface area contributed by atoms with Gasteiger partial charge in [-0.3, -0.25) is 4.79 Å². The van der Waals surface area contributed by atoms with Crippen LogP contribution in [0.15, 0.2) is 18.2 Å². The van der Waals surface area contributed by atoms with Gasteiger partial charge in [0.15, 0.2) is 0 Å². The fraction of sp³-hybridized carbons (Fsp3) is 0.533. The molecule has 0 saturated carbocycles. The van der Waals surface area contributed by atoms with E-state index in [-0.39, 0.29) is 16.3 Å². The molecule has 5 heteroatoms. The fourth-order valence-corrected chi connectivity index (χ4v) is 2.99. The van der Waals surface area contributed by atoms with E-state index in [2.05, 4.69) is 17.6 Å². The lowest BCUT2D eigenvalue weighted by atomic mass is 9.76. The number of rotatable bonds is 4. The smallest absolute Gasteiger partial charge is 0.231 e. The average molecular weight is 299 g/mol. The number of halogens is 2. The number of nitrogens with one attached hydrogen (secondary N) is 2. The molecule has 0 aliphatic carbocycles. The first kappa shape index (κ1) is 15.3. The Morgan fingerprint density at radius 1 is 1.55 bits per heavy atom. The summed E-state index contributed by atoms with van der Waals surface area (Å²) in [6.45, 7) is 3.74. The zero-order valence-corrected chi connectivity index (χ0v) is 12.4. The van der Waals surface area contributed by atoms with Crippen molar-refractivity contribution >= 4 is 23.2 Å². The Morgan fingerprint density at radius 3 is 2.95 bits per heavy atom. The Balaban J connectivity index is 2.13. The summed E-state index contributed by atoms with van der Waals surface area (Å²) in [7, 11) is 0. The van der Waals surface area contributed by atoms with Gasteiger partial charge in [0.05, 0.1) is 10.4 Å². The van der Waals surface area contributed by atoms with E-state index < -0.39 is 5.82 Å². The first-order valence-corrected chi connectivity index (χ1v) is 7.42. The van der Waals surface area contributed by atoms with E-state index in [1.54, 1.807) is 0 Å². The van der Waals surface area contributed by atoms with Crippen molar-refractivity contribution in [2.45, 2.75) is 32.6 Å². The van der Waals surface area contributed by atoms with Crippen LogP contribution >= 0.6 is 11.6 Å². The van der Waals surface area contributed by atoms with Crippen LogP contribution in [0.3, 0.4) is 0 Å². The minimum Gasteiger partial charge on any atom is -0.326 e. The predicted octanol–water partition coefficient (Wildman–Crippen LogP) is 3.59. The molecule has 1 aliphatic heterocycles. The van der Waals surface area contributed by atoms with E-state index >= 15 is 0 Å². The Labute approximate surface area is 123 Å². The Kier molecular flexibility index (Phi) is 5.00. The number of hydrogen-bond acceptors (Lipinski definition) is 2. The lowest BCUT2D eigenvalue weighted by Crippen LogP contribution is -2.48. The van der Waals surface area contributed by atoms with Gasteiger partial charge in [0.2, 0.25) is 5.91 Å². The summed E-state index contributed by atoms with van der Waals surface area (Å²) >= 11 is 5.74. The summed E-state index contributed by atoms with van der Waals surface area (Å²) < 4.78 is 13.1. The van der Waals surface area contributed by atoms with Crippen molar-refractivity contribution in [1.82, 2.24) is 5.32 Å². The number of anilines is 1. The number of carbonyl (C=O) groups is 1. The van der Waals surface area contributed by atoms with Crippen LogP contribution in [-0.2, 0) is 4.79 Å². The monoisotopic (exact) mass is 298 g/mol. The molecule has 3 nitrogen and oxygen atoms in total. The molecular weight excluding hydrogens is 279 g/mol. The first-order valence-electron chi connectivity index (χ1n) is 7.04. The van der Waals surface area contributed by atoms with Crippen LogP contribution in [0.25, 0.3) is 0 Å². The maximum absolute atomic E-state index is 13.1. The van der Waals surface area contributed by atoms with Crippen molar-refractivity contribution < 1.29 is 9.18 Å². The topological polar surface area (TPSA) is 41.1 Å². The number of hydrogen-bond donors (Lipinski definition) is 2. The van der Waals surface area contributed by atoms with E-state index in [4.69, 9.17) is 11.6 Å². The summed E-state index contributed by atoms with van der Waals surface area (Å²) in [5, 5.41) is 6.20. The van der Waals surface area contributed by atoms with E-state index in [9.17, 15) is 9.18 Å². The molecule has 1 atom stereocenters. The van der Waals surface area contributed by atoms with E-state index in [0.717, 1.165) is 32.2 Å². The second-order valence-electron chi connectivity index (χ2n) is 5.39. The van der Waals surface area contributed by atoms with E-state index in [1.165, 1.54) is 18.2 Å². The second-order valence-corrected chi connectivity index (χ2v) is 5.80. The molecule has 2 N–H and O–H groups in total. The molecule has 2 rings (SSSR count). The molecule has 0 aromatic heterocycles. The first-order chi connectivity index (χ1) is 9.57. The molecule has 0 bridgehead atoms. The average Bonchev–Trinajstić information content (AvgIpc) is 2.44. The van der Waals surface area contributed by atoms with Gasteiger partial charge in [-0.25, -0.2) is 4.39 Å². The lowest BCUT2D eigenvalue weighted by Gasteiger charge is -2.36. The van der Waals surface area contributed by atoms with Gasteiger partial charge >= 0.3 is 0 Å². The van der Waals surface area contributed by atoms with Crippen LogP contribution in [0.1, 0.15) is 32.6 Å². The number of carbonyl (C=O) groups excluding carboxylic acids is 1. The van der Waals surface area contributed by atoms with Gasteiger partial charge in [-0.2, -0.15) is 0 Å². The van der Waals surface area contributed by atoms with Crippen molar-refractivity contribution in [3.63, 3.8) is 0 Å². The third kappa shape index (κ3) is 3.30. The van der Waals surface area contributed by atoms with Crippen molar-refractivity contribution in [3.05, 3.63) is 29.0 Å². The van der Waals surface area contributed by atoms with Crippen LogP contribution in [0.4, 0.5) is 10.1 Å². The Bertz CT molecular complexity index is 481. The third-order valence-electron chi connectivity index (χ3n) is 3.86. The Morgan fingerprint density at radius 2 is 2.35 bits per heavy atom. The highest BCUT2D eigenvalue weighted by Crippen LogP contribution is 2.33. The Hall–Kier alpha value is -1.13. The van der Waals surface area contributed by atoms with Crippen LogP contribution in [0.2, 0.25) is 5.02 Å². The van der Waals surface area contributed by atoms with Crippen LogP contribution in [0.5, 0.6) is 0 Å². The summed E-state index contributed by atoms with van der Waals surface area (Å²) in [5.41, 5.74) is 0.177. The third-order valence-corrected chi connectivity index (χ3v) is 4.15. The van der Waals surface area contributed by atoms with Gasteiger partial charge in [-0.1, -0.05) is 24.9 Å². The largest absolute Gasteiger partial charge is 0.326 e. The lowest BCUT2D eigenvalue weighted by molar-refractivity contribution is -0.127. The van der Waals surface area contributed by atoms with E-state index in [0.29, 0.717) is 12.2 Å². The number of amides is 1. The van der Waals surface area contributed by atoms with Crippen LogP contribution < -0.4 is 10.6 Å². The van der Waals surface area contributed by atoms with Crippen molar-refractivity contribution in [2.24, 2.45) is 5.41 Å². The summed E-state index contributed by atoms with van der Waals surface area (Å²) in [4.78, 5) is 12.6. The van der Waals surface area contributed by atoms with Gasteiger partial charge in [0, 0.05) is 12.2 Å². The van der Waals surface area contributed by atoms with Gasteiger partial charge in [0.25, 0.3) is 0 Å². The second kappa shape index (κ2) is 6.55. The molecular formula is C15H20ClFN2O. The van der Waals surface area contributed by atoms with Crippen LogP contribution in [0, 0.1) is 11.2 Å². The summed E-state index contributed by atoms with van der Waals surface area (Å²) in [5.74, 6) is -0.485. The molecule has 0 radical (unpaired) electrons. The maximum Gasteiger partial charge on any atom is 0.231 e. The van der Waals surface area contributed by atoms with E-state index in [1.807, 2.05) is 0 Å². The minimum absolute atomic E-state index is 0.00535. The summed E-state index contributed by atoms with van der Waals surface area (Å²) in [6.07, 6.45) is 3.69. The van der Waals surface area contributed by atoms with Gasteiger partial charge < -0.3 is 10.6 Å². The van der Waals surface area contributed by atoms with Gasteiger partial charge in [-0.05, 0) is 44.0 Å². The zero-order chi connectivity index (χ0) is 14.6. The molecule has 1 aliphatic rings. The molecule has 20 heavy (non-hydrogen) atoms. The molecule has 0 spiro atoms. The van der Waals surface area contributed by atoms with Crippen molar-refractivity contribution in [3.8, 4) is 0 Å². The normalized spacial score (nSPS) is 22.6. The van der Waals surface area contributed by atoms with Gasteiger partial charge in [0.1, 0.15) is 5.82 Å². The predicted molar refractivity (Wildman–Crippen MR) is 79.5 cm³/mol. The van der Waals surface area contributed by atoms with Crippen molar-refractivity contribution in [1.29, 1.82) is 0 Å². The standard InChI is InChI=1S/C15H20ClFN2O/c1-2-6-15(7-3-8-18-10-15)14(20)19-11-4-5-13(17)12(16)9-11/h4-5,9,18H,2-3,6-8,10H2,1H3,(H,19,20). The summed E-state index contributed by atoms with van der Waals surface area (Å²) in [6, 6.07) is 4.25. The molecule has 1 unspecified atom stereocenters. The molecule has 1 heterocycles.